The fraction of sp³-hybridized carbons (Fsp3) is 0.625. The van der Waals surface area contributed by atoms with Gasteiger partial charge in [-0.15, -0.1) is 0 Å². The van der Waals surface area contributed by atoms with Crippen LogP contribution in [0.1, 0.15) is 18.9 Å². The Kier molecular flexibility index (Phi) is 4.83. The third-order valence-corrected chi connectivity index (χ3v) is 4.18. The first-order valence-electron chi connectivity index (χ1n) is 7.00. The molecule has 1 aromatic carbocycles. The van der Waals surface area contributed by atoms with Gasteiger partial charge in [0.15, 0.2) is 0 Å². The van der Waals surface area contributed by atoms with E-state index in [-0.39, 0.29) is 0 Å². The quantitative estimate of drug-likeness (QED) is 0.731. The molecule has 19 heavy (non-hydrogen) atoms. The van der Waals surface area contributed by atoms with Gasteiger partial charge in [-0.05, 0) is 48.4 Å². The summed E-state index contributed by atoms with van der Waals surface area (Å²) in [7, 11) is 3.45. The lowest BCUT2D eigenvalue weighted by Gasteiger charge is -2.12. The Morgan fingerprint density at radius 3 is 2.63 bits per heavy atom. The Morgan fingerprint density at radius 1 is 1.26 bits per heavy atom. The average molecular weight is 263 g/mol. The molecule has 1 saturated carbocycles. The molecule has 3 nitrogen and oxygen atoms in total. The third-order valence-electron chi connectivity index (χ3n) is 4.18. The molecule has 0 bridgehead atoms. The molecule has 0 spiro atoms. The van der Waals surface area contributed by atoms with E-state index in [1.807, 2.05) is 12.1 Å². The molecule has 0 heterocycles. The van der Waals surface area contributed by atoms with Crippen LogP contribution in [-0.4, -0.2) is 33.9 Å². The number of rotatable bonds is 8. The summed E-state index contributed by atoms with van der Waals surface area (Å²) in [6.07, 6.45) is 2.48. The molecular weight excluding hydrogens is 238 g/mol. The average Bonchev–Trinajstić information content (AvgIpc) is 3.06. The van der Waals surface area contributed by atoms with E-state index in [9.17, 15) is 0 Å². The number of nitrogens with one attached hydrogen (secondary N) is 1. The molecule has 2 rings (SSSR count). The van der Waals surface area contributed by atoms with E-state index < -0.39 is 0 Å². The highest BCUT2D eigenvalue weighted by Gasteiger charge is 2.48. The fourth-order valence-corrected chi connectivity index (χ4v) is 2.70. The van der Waals surface area contributed by atoms with Crippen molar-refractivity contribution in [2.45, 2.75) is 19.8 Å². The van der Waals surface area contributed by atoms with Crippen LogP contribution in [0.3, 0.4) is 0 Å². The standard InChI is InChI=1S/C16H25NO2/c1-16(11-14(16)12-17-8-9-18-2)10-13-4-6-15(19-3)7-5-13/h4-7,14,17H,8-12H2,1-3H3. The van der Waals surface area contributed by atoms with Crippen LogP contribution >= 0.6 is 0 Å². The summed E-state index contributed by atoms with van der Waals surface area (Å²) in [5, 5.41) is 3.46. The summed E-state index contributed by atoms with van der Waals surface area (Å²) < 4.78 is 10.2. The Hall–Kier alpha value is -1.06. The molecule has 106 valence electrons. The number of ether oxygens (including phenoxy) is 2. The van der Waals surface area contributed by atoms with Gasteiger partial charge >= 0.3 is 0 Å². The number of hydrogen-bond acceptors (Lipinski definition) is 3. The van der Waals surface area contributed by atoms with Crippen LogP contribution in [0.5, 0.6) is 5.75 Å². The van der Waals surface area contributed by atoms with Gasteiger partial charge in [0.2, 0.25) is 0 Å². The maximum Gasteiger partial charge on any atom is 0.118 e. The summed E-state index contributed by atoms with van der Waals surface area (Å²) in [6, 6.07) is 8.45. The first kappa shape index (κ1) is 14.4. The molecule has 1 aliphatic rings. The Morgan fingerprint density at radius 2 is 2.00 bits per heavy atom. The van der Waals surface area contributed by atoms with Crippen molar-refractivity contribution in [2.75, 3.05) is 33.9 Å². The Bertz CT molecular complexity index is 390. The lowest BCUT2D eigenvalue weighted by molar-refractivity contribution is 0.198. The molecule has 0 saturated heterocycles. The van der Waals surface area contributed by atoms with Crippen molar-refractivity contribution in [3.63, 3.8) is 0 Å². The molecule has 1 aromatic rings. The molecule has 0 amide bonds. The van der Waals surface area contributed by atoms with E-state index in [1.54, 1.807) is 14.2 Å². The van der Waals surface area contributed by atoms with Gasteiger partial charge in [-0.2, -0.15) is 0 Å². The Balaban J connectivity index is 1.76. The molecule has 0 aliphatic heterocycles. The second-order valence-corrected chi connectivity index (χ2v) is 5.78. The summed E-state index contributed by atoms with van der Waals surface area (Å²) in [5.41, 5.74) is 1.87. The zero-order valence-corrected chi connectivity index (χ0v) is 12.2. The highest BCUT2D eigenvalue weighted by molar-refractivity contribution is 5.28. The summed E-state index contributed by atoms with van der Waals surface area (Å²) in [5.74, 6) is 1.73. The minimum Gasteiger partial charge on any atom is -0.497 e. The van der Waals surface area contributed by atoms with Gasteiger partial charge in [0, 0.05) is 13.7 Å². The number of methoxy groups -OCH3 is 2. The molecule has 2 atom stereocenters. The molecule has 0 radical (unpaired) electrons. The van der Waals surface area contributed by atoms with Crippen LogP contribution in [0, 0.1) is 11.3 Å². The Labute approximate surface area is 116 Å². The molecule has 1 aliphatic carbocycles. The molecule has 1 fully saturated rings. The number of hydrogen-bond donors (Lipinski definition) is 1. The zero-order valence-electron chi connectivity index (χ0n) is 12.2. The number of benzene rings is 1. The van der Waals surface area contributed by atoms with Gasteiger partial charge < -0.3 is 14.8 Å². The summed E-state index contributed by atoms with van der Waals surface area (Å²) in [4.78, 5) is 0. The summed E-state index contributed by atoms with van der Waals surface area (Å²) in [6.45, 7) is 5.24. The highest BCUT2D eigenvalue weighted by Crippen LogP contribution is 2.53. The largest absolute Gasteiger partial charge is 0.497 e. The van der Waals surface area contributed by atoms with Crippen LogP contribution in [0.2, 0.25) is 0 Å². The van der Waals surface area contributed by atoms with Crippen molar-refractivity contribution in [1.82, 2.24) is 5.32 Å². The van der Waals surface area contributed by atoms with E-state index in [0.29, 0.717) is 5.41 Å². The van der Waals surface area contributed by atoms with Gasteiger partial charge in [-0.1, -0.05) is 19.1 Å². The normalized spacial score (nSPS) is 25.3. The van der Waals surface area contributed by atoms with E-state index in [1.165, 1.54) is 12.0 Å². The second-order valence-electron chi connectivity index (χ2n) is 5.78. The SMILES string of the molecule is COCCNCC1CC1(C)Cc1ccc(OC)cc1. The molecule has 2 unspecified atom stereocenters. The highest BCUT2D eigenvalue weighted by atomic mass is 16.5. The van der Waals surface area contributed by atoms with Gasteiger partial charge in [0.05, 0.1) is 13.7 Å². The van der Waals surface area contributed by atoms with Crippen molar-refractivity contribution < 1.29 is 9.47 Å². The minimum absolute atomic E-state index is 0.467. The predicted octanol–water partition coefficient (Wildman–Crippen LogP) is 2.50. The van der Waals surface area contributed by atoms with Crippen LogP contribution in [0.15, 0.2) is 24.3 Å². The van der Waals surface area contributed by atoms with Crippen LogP contribution in [-0.2, 0) is 11.2 Å². The lowest BCUT2D eigenvalue weighted by atomic mass is 9.96. The van der Waals surface area contributed by atoms with E-state index in [0.717, 1.165) is 37.8 Å². The lowest BCUT2D eigenvalue weighted by Crippen LogP contribution is -2.23. The van der Waals surface area contributed by atoms with Crippen molar-refractivity contribution in [3.8, 4) is 5.75 Å². The molecular formula is C16H25NO2. The third kappa shape index (κ3) is 3.95. The predicted molar refractivity (Wildman–Crippen MR) is 77.7 cm³/mol. The van der Waals surface area contributed by atoms with Crippen molar-refractivity contribution >= 4 is 0 Å². The zero-order chi connectivity index (χ0) is 13.7. The van der Waals surface area contributed by atoms with Gasteiger partial charge in [0.1, 0.15) is 5.75 Å². The second kappa shape index (κ2) is 6.40. The van der Waals surface area contributed by atoms with E-state index in [2.05, 4.69) is 24.4 Å². The molecule has 3 heteroatoms. The minimum atomic E-state index is 0.467. The van der Waals surface area contributed by atoms with Crippen LogP contribution in [0.25, 0.3) is 0 Å². The van der Waals surface area contributed by atoms with Crippen molar-refractivity contribution in [2.24, 2.45) is 11.3 Å². The van der Waals surface area contributed by atoms with Gasteiger partial charge in [0.25, 0.3) is 0 Å². The first-order valence-corrected chi connectivity index (χ1v) is 7.00. The fourth-order valence-electron chi connectivity index (χ4n) is 2.70. The molecule has 0 aromatic heterocycles. The van der Waals surface area contributed by atoms with Crippen molar-refractivity contribution in [1.29, 1.82) is 0 Å². The monoisotopic (exact) mass is 263 g/mol. The van der Waals surface area contributed by atoms with E-state index in [4.69, 9.17) is 9.47 Å². The van der Waals surface area contributed by atoms with Crippen LogP contribution in [0.4, 0.5) is 0 Å². The maximum absolute atomic E-state index is 5.19. The molecule has 1 N–H and O–H groups in total. The van der Waals surface area contributed by atoms with Gasteiger partial charge in [-0.3, -0.25) is 0 Å². The van der Waals surface area contributed by atoms with Crippen LogP contribution < -0.4 is 10.1 Å². The maximum atomic E-state index is 5.19. The smallest absolute Gasteiger partial charge is 0.118 e. The van der Waals surface area contributed by atoms with E-state index >= 15 is 0 Å². The van der Waals surface area contributed by atoms with Crippen molar-refractivity contribution in [3.05, 3.63) is 29.8 Å². The summed E-state index contributed by atoms with van der Waals surface area (Å²) >= 11 is 0. The van der Waals surface area contributed by atoms with Gasteiger partial charge in [-0.25, -0.2) is 0 Å². The first-order chi connectivity index (χ1) is 9.18. The topological polar surface area (TPSA) is 30.5 Å².